The second kappa shape index (κ2) is 4.06. The van der Waals surface area contributed by atoms with Gasteiger partial charge in [-0.05, 0) is 31.6 Å². The molecule has 3 N–H and O–H groups in total. The SMILES string of the molecule is NCC(O)(CCCC(F)(F)F)C1CC1. The van der Waals surface area contributed by atoms with Crippen LogP contribution in [0.3, 0.4) is 0 Å². The fraction of sp³-hybridized carbons (Fsp3) is 1.00. The van der Waals surface area contributed by atoms with E-state index in [-0.39, 0.29) is 25.3 Å². The monoisotopic (exact) mass is 211 g/mol. The van der Waals surface area contributed by atoms with E-state index in [2.05, 4.69) is 0 Å². The molecule has 0 saturated heterocycles. The summed E-state index contributed by atoms with van der Waals surface area (Å²) >= 11 is 0. The molecule has 0 heterocycles. The van der Waals surface area contributed by atoms with Gasteiger partial charge in [0.25, 0.3) is 0 Å². The van der Waals surface area contributed by atoms with Gasteiger partial charge in [0, 0.05) is 13.0 Å². The van der Waals surface area contributed by atoms with Gasteiger partial charge in [0.2, 0.25) is 0 Å². The largest absolute Gasteiger partial charge is 0.389 e. The highest BCUT2D eigenvalue weighted by atomic mass is 19.4. The van der Waals surface area contributed by atoms with Crippen LogP contribution >= 0.6 is 0 Å². The normalized spacial score (nSPS) is 22.1. The summed E-state index contributed by atoms with van der Waals surface area (Å²) in [6, 6.07) is 0. The second-order valence-electron chi connectivity index (χ2n) is 4.05. The summed E-state index contributed by atoms with van der Waals surface area (Å²) in [4.78, 5) is 0. The van der Waals surface area contributed by atoms with Gasteiger partial charge in [-0.15, -0.1) is 0 Å². The quantitative estimate of drug-likeness (QED) is 0.728. The molecular formula is C9H16F3NO. The molecule has 0 spiro atoms. The first-order valence-electron chi connectivity index (χ1n) is 4.86. The van der Waals surface area contributed by atoms with Crippen molar-refractivity contribution in [1.82, 2.24) is 0 Å². The van der Waals surface area contributed by atoms with E-state index in [0.29, 0.717) is 0 Å². The zero-order valence-electron chi connectivity index (χ0n) is 7.98. The average molecular weight is 211 g/mol. The van der Waals surface area contributed by atoms with Crippen LogP contribution in [0.15, 0.2) is 0 Å². The van der Waals surface area contributed by atoms with Crippen molar-refractivity contribution in [3.63, 3.8) is 0 Å². The molecule has 1 saturated carbocycles. The smallest absolute Gasteiger partial charge is 0.388 e. The highest BCUT2D eigenvalue weighted by Crippen LogP contribution is 2.42. The van der Waals surface area contributed by atoms with Gasteiger partial charge in [-0.1, -0.05) is 0 Å². The molecule has 1 aliphatic carbocycles. The van der Waals surface area contributed by atoms with Gasteiger partial charge in [-0.25, -0.2) is 0 Å². The summed E-state index contributed by atoms with van der Waals surface area (Å²) in [5.41, 5.74) is 4.32. The Morgan fingerprint density at radius 2 is 1.79 bits per heavy atom. The number of nitrogens with two attached hydrogens (primary N) is 1. The van der Waals surface area contributed by atoms with Crippen molar-refractivity contribution in [1.29, 1.82) is 0 Å². The van der Waals surface area contributed by atoms with Gasteiger partial charge < -0.3 is 10.8 Å². The van der Waals surface area contributed by atoms with E-state index in [1.807, 2.05) is 0 Å². The third kappa shape index (κ3) is 3.46. The van der Waals surface area contributed by atoms with Crippen molar-refractivity contribution in [3.8, 4) is 0 Å². The Hall–Kier alpha value is -0.290. The lowest BCUT2D eigenvalue weighted by atomic mass is 9.91. The van der Waals surface area contributed by atoms with E-state index < -0.39 is 18.2 Å². The Morgan fingerprint density at radius 1 is 1.21 bits per heavy atom. The van der Waals surface area contributed by atoms with Gasteiger partial charge in [0.1, 0.15) is 0 Å². The maximum atomic E-state index is 11.8. The Morgan fingerprint density at radius 3 is 2.14 bits per heavy atom. The summed E-state index contributed by atoms with van der Waals surface area (Å²) in [5, 5.41) is 9.86. The van der Waals surface area contributed by atoms with E-state index in [9.17, 15) is 18.3 Å². The van der Waals surface area contributed by atoms with Crippen LogP contribution in [0.4, 0.5) is 13.2 Å². The molecule has 0 aromatic heterocycles. The topological polar surface area (TPSA) is 46.2 Å². The van der Waals surface area contributed by atoms with E-state index >= 15 is 0 Å². The summed E-state index contributed by atoms with van der Waals surface area (Å²) in [6.07, 6.45) is -3.05. The molecule has 1 unspecified atom stereocenters. The Labute approximate surface area is 81.3 Å². The molecule has 1 aliphatic rings. The molecule has 2 nitrogen and oxygen atoms in total. The van der Waals surface area contributed by atoms with Gasteiger partial charge in [0.05, 0.1) is 5.60 Å². The Kier molecular flexibility index (Phi) is 3.42. The molecular weight excluding hydrogens is 195 g/mol. The lowest BCUT2D eigenvalue weighted by Gasteiger charge is -2.26. The van der Waals surface area contributed by atoms with Crippen molar-refractivity contribution in [2.45, 2.75) is 43.9 Å². The number of rotatable bonds is 5. The number of hydrogen-bond acceptors (Lipinski definition) is 2. The second-order valence-corrected chi connectivity index (χ2v) is 4.05. The molecule has 0 aromatic rings. The summed E-state index contributed by atoms with van der Waals surface area (Å²) in [6.45, 7) is 0.0650. The van der Waals surface area contributed by atoms with Gasteiger partial charge >= 0.3 is 6.18 Å². The van der Waals surface area contributed by atoms with Crippen LogP contribution in [0.5, 0.6) is 0 Å². The molecule has 1 fully saturated rings. The number of halogens is 3. The fourth-order valence-electron chi connectivity index (χ4n) is 1.69. The van der Waals surface area contributed by atoms with Crippen LogP contribution < -0.4 is 5.73 Å². The minimum atomic E-state index is -4.13. The molecule has 0 aliphatic heterocycles. The molecule has 14 heavy (non-hydrogen) atoms. The zero-order chi connectivity index (χ0) is 10.8. The maximum absolute atomic E-state index is 11.8. The van der Waals surface area contributed by atoms with Gasteiger partial charge in [-0.2, -0.15) is 13.2 Å². The van der Waals surface area contributed by atoms with Crippen LogP contribution in [0, 0.1) is 5.92 Å². The van der Waals surface area contributed by atoms with Crippen molar-refractivity contribution in [3.05, 3.63) is 0 Å². The van der Waals surface area contributed by atoms with E-state index in [0.717, 1.165) is 12.8 Å². The maximum Gasteiger partial charge on any atom is 0.389 e. The van der Waals surface area contributed by atoms with Crippen LogP contribution in [0.2, 0.25) is 0 Å². The van der Waals surface area contributed by atoms with Crippen LogP contribution in [0.1, 0.15) is 32.1 Å². The van der Waals surface area contributed by atoms with Crippen LogP contribution in [-0.4, -0.2) is 23.4 Å². The predicted octanol–water partition coefficient (Wildman–Crippen LogP) is 1.82. The molecule has 0 amide bonds. The van der Waals surface area contributed by atoms with Crippen molar-refractivity contribution in [2.75, 3.05) is 6.54 Å². The van der Waals surface area contributed by atoms with Gasteiger partial charge in [-0.3, -0.25) is 0 Å². The molecule has 0 bridgehead atoms. The first-order chi connectivity index (χ1) is 6.37. The molecule has 0 radical (unpaired) electrons. The minimum absolute atomic E-state index is 0.0340. The van der Waals surface area contributed by atoms with Crippen molar-refractivity contribution >= 4 is 0 Å². The molecule has 84 valence electrons. The Bertz CT molecular complexity index is 191. The van der Waals surface area contributed by atoms with Gasteiger partial charge in [0.15, 0.2) is 0 Å². The van der Waals surface area contributed by atoms with Crippen LogP contribution in [-0.2, 0) is 0 Å². The third-order valence-corrected chi connectivity index (χ3v) is 2.76. The first-order valence-corrected chi connectivity index (χ1v) is 4.86. The summed E-state index contributed by atoms with van der Waals surface area (Å²) in [7, 11) is 0. The molecule has 1 rings (SSSR count). The number of alkyl halides is 3. The molecule has 5 heteroatoms. The molecule has 1 atom stereocenters. The standard InChI is InChI=1S/C9H16F3NO/c10-9(11,12)5-1-4-8(14,6-13)7-2-3-7/h7,14H,1-6,13H2. The zero-order valence-corrected chi connectivity index (χ0v) is 7.98. The van der Waals surface area contributed by atoms with Crippen LogP contribution in [0.25, 0.3) is 0 Å². The third-order valence-electron chi connectivity index (χ3n) is 2.76. The lowest BCUT2D eigenvalue weighted by Crippen LogP contribution is -2.40. The number of aliphatic hydroxyl groups is 1. The lowest BCUT2D eigenvalue weighted by molar-refractivity contribution is -0.138. The highest BCUT2D eigenvalue weighted by Gasteiger charge is 2.42. The summed E-state index contributed by atoms with van der Waals surface area (Å²) in [5.74, 6) is 0.126. The molecule has 0 aromatic carbocycles. The Balaban J connectivity index is 2.27. The van der Waals surface area contributed by atoms with Crippen molar-refractivity contribution < 1.29 is 18.3 Å². The summed E-state index contributed by atoms with van der Waals surface area (Å²) < 4.78 is 35.5. The van der Waals surface area contributed by atoms with Crippen molar-refractivity contribution in [2.24, 2.45) is 11.7 Å². The number of hydrogen-bond donors (Lipinski definition) is 2. The predicted molar refractivity (Wildman–Crippen MR) is 46.6 cm³/mol. The fourth-order valence-corrected chi connectivity index (χ4v) is 1.69. The highest BCUT2D eigenvalue weighted by molar-refractivity contribution is 4.95. The van der Waals surface area contributed by atoms with E-state index in [1.54, 1.807) is 0 Å². The first kappa shape index (κ1) is 11.8. The van der Waals surface area contributed by atoms with E-state index in [1.165, 1.54) is 0 Å². The minimum Gasteiger partial charge on any atom is -0.388 e. The van der Waals surface area contributed by atoms with E-state index in [4.69, 9.17) is 5.73 Å². The average Bonchev–Trinajstić information content (AvgIpc) is 2.83.